The van der Waals surface area contributed by atoms with Gasteiger partial charge in [-0.3, -0.25) is 4.79 Å². The maximum absolute atomic E-state index is 12.3. The van der Waals surface area contributed by atoms with Gasteiger partial charge in [-0.05, 0) is 18.4 Å². The van der Waals surface area contributed by atoms with Gasteiger partial charge in [-0.2, -0.15) is 0 Å². The Morgan fingerprint density at radius 1 is 1.37 bits per heavy atom. The van der Waals surface area contributed by atoms with Crippen molar-refractivity contribution in [2.45, 2.75) is 37.3 Å². The average molecular weight is 262 g/mol. The summed E-state index contributed by atoms with van der Waals surface area (Å²) < 4.78 is 0. The smallest absolute Gasteiger partial charge is 0.243 e. The van der Waals surface area contributed by atoms with Gasteiger partial charge in [0.2, 0.25) is 5.91 Å². The van der Waals surface area contributed by atoms with Crippen LogP contribution < -0.4 is 5.73 Å². The molecule has 0 unspecified atom stereocenters. The van der Waals surface area contributed by atoms with Crippen LogP contribution >= 0.6 is 0 Å². The first kappa shape index (κ1) is 14.0. The molecule has 4 heteroatoms. The molecule has 0 heterocycles. The van der Waals surface area contributed by atoms with Gasteiger partial charge in [0.15, 0.2) is 0 Å². The number of nitrogens with zero attached hydrogens (tertiary/aromatic N) is 1. The number of rotatable bonds is 4. The Hall–Kier alpha value is -1.39. The van der Waals surface area contributed by atoms with Crippen LogP contribution in [0.1, 0.15) is 37.3 Å². The fourth-order valence-corrected chi connectivity index (χ4v) is 2.75. The highest BCUT2D eigenvalue weighted by molar-refractivity contribution is 5.82. The minimum Gasteiger partial charge on any atom is -0.388 e. The predicted molar refractivity (Wildman–Crippen MR) is 74.4 cm³/mol. The van der Waals surface area contributed by atoms with Gasteiger partial charge < -0.3 is 15.7 Å². The second kappa shape index (κ2) is 5.72. The molecule has 3 N–H and O–H groups in total. The number of nitrogens with two attached hydrogens (primary N) is 1. The number of hydrogen-bond acceptors (Lipinski definition) is 3. The number of carbonyl (C=O) groups excluding carboxylic acids is 1. The fourth-order valence-electron chi connectivity index (χ4n) is 2.75. The maximum atomic E-state index is 12.3. The predicted octanol–water partition coefficient (Wildman–Crippen LogP) is 1.45. The minimum atomic E-state index is -0.721. The van der Waals surface area contributed by atoms with Crippen LogP contribution in [-0.4, -0.2) is 35.1 Å². The first-order valence-corrected chi connectivity index (χ1v) is 6.80. The molecule has 0 saturated heterocycles. The number of amides is 1. The van der Waals surface area contributed by atoms with Crippen molar-refractivity contribution in [2.75, 3.05) is 13.6 Å². The average Bonchev–Trinajstić information content (AvgIpc) is 2.84. The normalized spacial score (nSPS) is 19.1. The summed E-state index contributed by atoms with van der Waals surface area (Å²) in [4.78, 5) is 13.8. The number of carbonyl (C=O) groups is 1. The summed E-state index contributed by atoms with van der Waals surface area (Å²) in [6.07, 6.45) is 3.60. The van der Waals surface area contributed by atoms with Crippen LogP contribution in [0.25, 0.3) is 0 Å². The van der Waals surface area contributed by atoms with Crippen molar-refractivity contribution in [1.29, 1.82) is 0 Å². The second-order valence-electron chi connectivity index (χ2n) is 5.51. The van der Waals surface area contributed by atoms with Crippen molar-refractivity contribution in [3.63, 3.8) is 0 Å². The molecule has 1 saturated carbocycles. The summed E-state index contributed by atoms with van der Waals surface area (Å²) in [5, 5.41) is 10.3. The Balaban J connectivity index is 1.99. The van der Waals surface area contributed by atoms with Gasteiger partial charge in [0, 0.05) is 13.6 Å². The summed E-state index contributed by atoms with van der Waals surface area (Å²) in [5.74, 6) is -0.147. The highest BCUT2D eigenvalue weighted by atomic mass is 16.3. The summed E-state index contributed by atoms with van der Waals surface area (Å²) in [5.41, 5.74) is 6.07. The molecule has 19 heavy (non-hydrogen) atoms. The summed E-state index contributed by atoms with van der Waals surface area (Å²) in [6, 6.07) is 8.67. The summed E-state index contributed by atoms with van der Waals surface area (Å²) in [7, 11) is 1.71. The van der Waals surface area contributed by atoms with Crippen molar-refractivity contribution in [3.8, 4) is 0 Å². The Morgan fingerprint density at radius 3 is 2.53 bits per heavy atom. The zero-order valence-corrected chi connectivity index (χ0v) is 11.4. The molecule has 4 nitrogen and oxygen atoms in total. The number of aliphatic hydroxyl groups is 1. The van der Waals surface area contributed by atoms with E-state index in [1.54, 1.807) is 11.9 Å². The number of benzene rings is 1. The van der Waals surface area contributed by atoms with E-state index < -0.39 is 11.6 Å². The van der Waals surface area contributed by atoms with Gasteiger partial charge >= 0.3 is 0 Å². The standard InChI is InChI=1S/C15H22N2O2/c1-17(11-15(19)9-5-6-10-15)14(18)13(16)12-7-3-2-4-8-12/h2-4,7-8,13,19H,5-6,9-11,16H2,1H3/t13-/m0/s1. The van der Waals surface area contributed by atoms with E-state index in [1.165, 1.54) is 0 Å². The van der Waals surface area contributed by atoms with E-state index >= 15 is 0 Å². The van der Waals surface area contributed by atoms with Crippen molar-refractivity contribution in [3.05, 3.63) is 35.9 Å². The number of hydrogen-bond donors (Lipinski definition) is 2. The molecule has 0 spiro atoms. The van der Waals surface area contributed by atoms with Crippen molar-refractivity contribution in [1.82, 2.24) is 4.90 Å². The summed E-state index contributed by atoms with van der Waals surface area (Å²) in [6.45, 7) is 0.367. The van der Waals surface area contributed by atoms with E-state index in [0.29, 0.717) is 6.54 Å². The molecule has 1 fully saturated rings. The number of likely N-dealkylation sites (N-methyl/N-ethyl adjacent to an activating group) is 1. The molecule has 2 rings (SSSR count). The lowest BCUT2D eigenvalue weighted by atomic mass is 10.0. The lowest BCUT2D eigenvalue weighted by molar-refractivity contribution is -0.134. The molecular formula is C15H22N2O2. The van der Waals surface area contributed by atoms with E-state index in [4.69, 9.17) is 5.73 Å². The molecule has 1 aromatic carbocycles. The molecule has 0 aliphatic heterocycles. The van der Waals surface area contributed by atoms with Gasteiger partial charge in [-0.15, -0.1) is 0 Å². The third kappa shape index (κ3) is 3.33. The zero-order valence-electron chi connectivity index (χ0n) is 11.4. The Kier molecular flexibility index (Phi) is 4.22. The molecule has 1 aliphatic carbocycles. The van der Waals surface area contributed by atoms with Crippen molar-refractivity contribution >= 4 is 5.91 Å². The third-order valence-electron chi connectivity index (χ3n) is 3.87. The molecule has 0 bridgehead atoms. The lowest BCUT2D eigenvalue weighted by Crippen LogP contribution is -2.45. The molecule has 1 aliphatic rings. The minimum absolute atomic E-state index is 0.147. The van der Waals surface area contributed by atoms with Gasteiger partial charge in [0.25, 0.3) is 0 Å². The first-order valence-electron chi connectivity index (χ1n) is 6.80. The molecule has 1 atom stereocenters. The SMILES string of the molecule is CN(CC1(O)CCCC1)C(=O)[C@@H](N)c1ccccc1. The first-order chi connectivity index (χ1) is 9.02. The van der Waals surface area contributed by atoms with Gasteiger partial charge in [-0.25, -0.2) is 0 Å². The maximum Gasteiger partial charge on any atom is 0.243 e. The highest BCUT2D eigenvalue weighted by Crippen LogP contribution is 2.30. The molecule has 0 aromatic heterocycles. The monoisotopic (exact) mass is 262 g/mol. The van der Waals surface area contributed by atoms with Crippen LogP contribution in [-0.2, 0) is 4.79 Å². The lowest BCUT2D eigenvalue weighted by Gasteiger charge is -2.30. The van der Waals surface area contributed by atoms with Crippen LogP contribution in [0.15, 0.2) is 30.3 Å². The fraction of sp³-hybridized carbons (Fsp3) is 0.533. The van der Waals surface area contributed by atoms with Crippen molar-refractivity contribution < 1.29 is 9.90 Å². The highest BCUT2D eigenvalue weighted by Gasteiger charge is 2.34. The Morgan fingerprint density at radius 2 is 1.95 bits per heavy atom. The van der Waals surface area contributed by atoms with Crippen molar-refractivity contribution in [2.24, 2.45) is 5.73 Å². The quantitative estimate of drug-likeness (QED) is 0.863. The van der Waals surface area contributed by atoms with Crippen LogP contribution in [0.2, 0.25) is 0 Å². The van der Waals surface area contributed by atoms with Gasteiger partial charge in [-0.1, -0.05) is 43.2 Å². The van der Waals surface area contributed by atoms with E-state index in [-0.39, 0.29) is 5.91 Å². The molecule has 104 valence electrons. The van der Waals surface area contributed by atoms with Crippen LogP contribution in [0.4, 0.5) is 0 Å². The molecule has 0 radical (unpaired) electrons. The van der Waals surface area contributed by atoms with Gasteiger partial charge in [0.1, 0.15) is 6.04 Å². The molecular weight excluding hydrogens is 240 g/mol. The largest absolute Gasteiger partial charge is 0.388 e. The van der Waals surface area contributed by atoms with E-state index in [0.717, 1.165) is 31.2 Å². The van der Waals surface area contributed by atoms with Crippen LogP contribution in [0.3, 0.4) is 0 Å². The molecule has 1 amide bonds. The zero-order chi connectivity index (χ0) is 13.9. The Labute approximate surface area is 114 Å². The molecule has 1 aromatic rings. The van der Waals surface area contributed by atoms with Crippen LogP contribution in [0, 0.1) is 0 Å². The van der Waals surface area contributed by atoms with E-state index in [9.17, 15) is 9.90 Å². The van der Waals surface area contributed by atoms with Crippen LogP contribution in [0.5, 0.6) is 0 Å². The topological polar surface area (TPSA) is 66.6 Å². The van der Waals surface area contributed by atoms with E-state index in [2.05, 4.69) is 0 Å². The summed E-state index contributed by atoms with van der Waals surface area (Å²) >= 11 is 0. The Bertz CT molecular complexity index is 427. The third-order valence-corrected chi connectivity index (χ3v) is 3.87. The van der Waals surface area contributed by atoms with Gasteiger partial charge in [0.05, 0.1) is 5.60 Å². The second-order valence-corrected chi connectivity index (χ2v) is 5.51. The van der Waals surface area contributed by atoms with E-state index in [1.807, 2.05) is 30.3 Å².